The van der Waals surface area contributed by atoms with E-state index in [9.17, 15) is 4.79 Å². The third kappa shape index (κ3) is 6.96. The van der Waals surface area contributed by atoms with Crippen molar-refractivity contribution in [2.75, 3.05) is 19.0 Å². The van der Waals surface area contributed by atoms with Gasteiger partial charge in [0.25, 0.3) is 0 Å². The Kier molecular flexibility index (Phi) is 8.38. The monoisotopic (exact) mass is 356 g/mol. The van der Waals surface area contributed by atoms with Crippen LogP contribution in [-0.4, -0.2) is 19.6 Å². The molecular weight excluding hydrogens is 332 g/mol. The quantitative estimate of drug-likeness (QED) is 0.704. The van der Waals surface area contributed by atoms with E-state index in [2.05, 4.69) is 28.2 Å². The number of nitrogens with one attached hydrogen (secondary N) is 1. The minimum absolute atomic E-state index is 0.0354. The Labute approximate surface area is 135 Å². The summed E-state index contributed by atoms with van der Waals surface area (Å²) in [6.45, 7) is 2.85. The maximum absolute atomic E-state index is 12.0. The molecule has 5 heteroatoms. The molecule has 0 aliphatic carbocycles. The number of carbonyl (C=O) groups is 1. The largest absolute Gasteiger partial charge is 0.497 e. The molecule has 0 bridgehead atoms. The number of carbonyl (C=O) groups excluding carboxylic acids is 1. The number of hydrogen-bond donors (Lipinski definition) is 2. The van der Waals surface area contributed by atoms with Crippen molar-refractivity contribution in [3.05, 3.63) is 22.7 Å². The Morgan fingerprint density at radius 1 is 1.33 bits per heavy atom. The van der Waals surface area contributed by atoms with Crippen LogP contribution in [0.4, 0.5) is 5.69 Å². The van der Waals surface area contributed by atoms with Gasteiger partial charge in [0.05, 0.1) is 7.11 Å². The maximum atomic E-state index is 12.0. The predicted octanol–water partition coefficient (Wildman–Crippen LogP) is 3.94. The normalized spacial score (nSPS) is 12.0. The van der Waals surface area contributed by atoms with Crippen molar-refractivity contribution in [1.82, 2.24) is 0 Å². The third-order valence-corrected chi connectivity index (χ3v) is 3.90. The highest BCUT2D eigenvalue weighted by atomic mass is 79.9. The van der Waals surface area contributed by atoms with Crippen molar-refractivity contribution in [3.8, 4) is 5.75 Å². The first-order valence-electron chi connectivity index (χ1n) is 7.43. The molecule has 1 rings (SSSR count). The zero-order valence-corrected chi connectivity index (χ0v) is 14.4. The lowest BCUT2D eigenvalue weighted by molar-refractivity contribution is -0.116. The van der Waals surface area contributed by atoms with Crippen molar-refractivity contribution in [2.45, 2.75) is 39.0 Å². The number of amides is 1. The van der Waals surface area contributed by atoms with Gasteiger partial charge in [-0.25, -0.2) is 0 Å². The van der Waals surface area contributed by atoms with Crippen LogP contribution in [0.25, 0.3) is 0 Å². The van der Waals surface area contributed by atoms with Crippen LogP contribution in [0, 0.1) is 5.92 Å². The molecule has 0 saturated heterocycles. The molecule has 0 radical (unpaired) electrons. The highest BCUT2D eigenvalue weighted by Crippen LogP contribution is 2.25. The lowest BCUT2D eigenvalue weighted by atomic mass is 9.94. The minimum Gasteiger partial charge on any atom is -0.497 e. The molecule has 21 heavy (non-hydrogen) atoms. The number of nitrogens with two attached hydrogens (primary N) is 1. The van der Waals surface area contributed by atoms with Crippen LogP contribution >= 0.6 is 15.9 Å². The Morgan fingerprint density at radius 2 is 2.10 bits per heavy atom. The highest BCUT2D eigenvalue weighted by molar-refractivity contribution is 9.10. The lowest BCUT2D eigenvalue weighted by Gasteiger charge is -2.15. The van der Waals surface area contributed by atoms with Crippen molar-refractivity contribution in [2.24, 2.45) is 11.7 Å². The van der Waals surface area contributed by atoms with Crippen LogP contribution in [0.3, 0.4) is 0 Å². The van der Waals surface area contributed by atoms with Gasteiger partial charge in [-0.15, -0.1) is 0 Å². The highest BCUT2D eigenvalue weighted by Gasteiger charge is 2.11. The Hall–Kier alpha value is -1.07. The third-order valence-electron chi connectivity index (χ3n) is 3.44. The van der Waals surface area contributed by atoms with Crippen molar-refractivity contribution >= 4 is 27.5 Å². The smallest absolute Gasteiger partial charge is 0.224 e. The van der Waals surface area contributed by atoms with E-state index < -0.39 is 0 Å². The van der Waals surface area contributed by atoms with E-state index in [0.717, 1.165) is 35.8 Å². The maximum Gasteiger partial charge on any atom is 0.224 e. The minimum atomic E-state index is 0.0354. The van der Waals surface area contributed by atoms with E-state index >= 15 is 0 Å². The molecule has 0 fully saturated rings. The molecule has 0 aromatic heterocycles. The number of rotatable bonds is 9. The summed E-state index contributed by atoms with van der Waals surface area (Å²) in [6, 6.07) is 5.53. The Morgan fingerprint density at radius 3 is 2.71 bits per heavy atom. The number of anilines is 1. The van der Waals surface area contributed by atoms with Crippen LogP contribution in [0.2, 0.25) is 0 Å². The molecule has 0 aliphatic rings. The number of methoxy groups -OCH3 is 1. The first-order valence-corrected chi connectivity index (χ1v) is 8.22. The molecule has 118 valence electrons. The summed E-state index contributed by atoms with van der Waals surface area (Å²) in [5.74, 6) is 1.29. The molecule has 4 nitrogen and oxygen atoms in total. The van der Waals surface area contributed by atoms with Crippen LogP contribution in [0.15, 0.2) is 22.7 Å². The summed E-state index contributed by atoms with van der Waals surface area (Å²) < 4.78 is 6.06. The van der Waals surface area contributed by atoms with Gasteiger partial charge in [0.15, 0.2) is 0 Å². The molecular formula is C16H25BrN2O2. The van der Waals surface area contributed by atoms with Crippen molar-refractivity contribution in [3.63, 3.8) is 0 Å². The molecule has 0 aliphatic heterocycles. The molecule has 1 amide bonds. The molecule has 1 atom stereocenters. The molecule has 3 N–H and O–H groups in total. The van der Waals surface area contributed by atoms with E-state index in [4.69, 9.17) is 10.5 Å². The molecule has 0 spiro atoms. The van der Waals surface area contributed by atoms with Gasteiger partial charge in [0.1, 0.15) is 5.75 Å². The zero-order chi connectivity index (χ0) is 15.7. The molecule has 1 aromatic carbocycles. The van der Waals surface area contributed by atoms with Gasteiger partial charge in [-0.05, 0) is 37.4 Å². The summed E-state index contributed by atoms with van der Waals surface area (Å²) in [6.07, 6.45) is 4.68. The van der Waals surface area contributed by atoms with E-state index in [0.29, 0.717) is 24.6 Å². The predicted molar refractivity (Wildman–Crippen MR) is 90.6 cm³/mol. The van der Waals surface area contributed by atoms with E-state index in [1.165, 1.54) is 0 Å². The van der Waals surface area contributed by atoms with Crippen LogP contribution in [0.5, 0.6) is 5.75 Å². The zero-order valence-electron chi connectivity index (χ0n) is 12.8. The summed E-state index contributed by atoms with van der Waals surface area (Å²) in [4.78, 5) is 12.0. The average molecular weight is 357 g/mol. The summed E-state index contributed by atoms with van der Waals surface area (Å²) in [5.41, 5.74) is 6.37. The van der Waals surface area contributed by atoms with Gasteiger partial charge in [-0.2, -0.15) is 0 Å². The molecule has 0 heterocycles. The van der Waals surface area contributed by atoms with Gasteiger partial charge < -0.3 is 15.8 Å². The van der Waals surface area contributed by atoms with Gasteiger partial charge in [-0.3, -0.25) is 4.79 Å². The number of ether oxygens (including phenoxy) is 1. The van der Waals surface area contributed by atoms with Crippen molar-refractivity contribution in [1.29, 1.82) is 0 Å². The first kappa shape index (κ1) is 18.0. The topological polar surface area (TPSA) is 64.4 Å². The van der Waals surface area contributed by atoms with Crippen LogP contribution < -0.4 is 15.8 Å². The second-order valence-corrected chi connectivity index (χ2v) is 6.11. The van der Waals surface area contributed by atoms with Gasteiger partial charge in [-0.1, -0.05) is 35.7 Å². The standard InChI is InChI=1S/C16H25BrN2O2/c1-3-4-12(7-8-18)5-6-16(20)19-14-9-13(17)10-15(11-14)21-2/h9-12H,3-8,18H2,1-2H3,(H,19,20). The van der Waals surface area contributed by atoms with Crippen LogP contribution in [-0.2, 0) is 4.79 Å². The molecule has 0 saturated carbocycles. The molecule has 1 aromatic rings. The lowest BCUT2D eigenvalue weighted by Crippen LogP contribution is -2.15. The Balaban J connectivity index is 2.51. The van der Waals surface area contributed by atoms with E-state index in [1.807, 2.05) is 18.2 Å². The summed E-state index contributed by atoms with van der Waals surface area (Å²) >= 11 is 3.40. The van der Waals surface area contributed by atoms with E-state index in [-0.39, 0.29) is 5.91 Å². The fraction of sp³-hybridized carbons (Fsp3) is 0.562. The second-order valence-electron chi connectivity index (χ2n) is 5.20. The first-order chi connectivity index (χ1) is 10.1. The fourth-order valence-corrected chi connectivity index (χ4v) is 2.86. The number of hydrogen-bond acceptors (Lipinski definition) is 3. The average Bonchev–Trinajstić information content (AvgIpc) is 2.44. The molecule has 1 unspecified atom stereocenters. The second kappa shape index (κ2) is 9.79. The number of benzene rings is 1. The van der Waals surface area contributed by atoms with Gasteiger partial charge in [0, 0.05) is 22.6 Å². The van der Waals surface area contributed by atoms with Gasteiger partial charge >= 0.3 is 0 Å². The number of halogens is 1. The summed E-state index contributed by atoms with van der Waals surface area (Å²) in [7, 11) is 1.61. The Bertz CT molecular complexity index is 446. The summed E-state index contributed by atoms with van der Waals surface area (Å²) in [5, 5.41) is 2.92. The van der Waals surface area contributed by atoms with Gasteiger partial charge in [0.2, 0.25) is 5.91 Å². The van der Waals surface area contributed by atoms with Crippen LogP contribution in [0.1, 0.15) is 39.0 Å². The SMILES string of the molecule is CCCC(CCN)CCC(=O)Nc1cc(Br)cc(OC)c1. The fourth-order valence-electron chi connectivity index (χ4n) is 2.39. The van der Waals surface area contributed by atoms with E-state index in [1.54, 1.807) is 7.11 Å². The van der Waals surface area contributed by atoms with Crippen molar-refractivity contribution < 1.29 is 9.53 Å².